The zero-order chi connectivity index (χ0) is 14.1. The molecular weight excluding hydrogens is 272 g/mol. The Morgan fingerprint density at radius 2 is 1.85 bits per heavy atom. The highest BCUT2D eigenvalue weighted by atomic mass is 35.5. The molecule has 2 bridgehead atoms. The molecule has 3 nitrogen and oxygen atoms in total. The summed E-state index contributed by atoms with van der Waals surface area (Å²) in [5, 5.41) is 3.56. The molecule has 2 saturated carbocycles. The second-order valence-electron chi connectivity index (χ2n) is 6.17. The fourth-order valence-corrected chi connectivity index (χ4v) is 3.98. The van der Waals surface area contributed by atoms with E-state index in [0.717, 1.165) is 12.8 Å². The molecule has 1 aromatic carbocycles. The first-order valence-electron chi connectivity index (χ1n) is 7.46. The number of hydrogen-bond donors (Lipinski definition) is 2. The van der Waals surface area contributed by atoms with Crippen molar-refractivity contribution in [1.82, 2.24) is 0 Å². The Hall–Kier alpha value is -1.06. The Kier molecular flexibility index (Phi) is 3.99. The number of para-hydroxylation sites is 1. The summed E-state index contributed by atoms with van der Waals surface area (Å²) in [4.78, 5) is 12.4. The van der Waals surface area contributed by atoms with Crippen molar-refractivity contribution in [3.05, 3.63) is 29.3 Å². The van der Waals surface area contributed by atoms with E-state index in [9.17, 15) is 4.79 Å². The van der Waals surface area contributed by atoms with Crippen molar-refractivity contribution in [1.29, 1.82) is 0 Å². The molecule has 0 aliphatic heterocycles. The fourth-order valence-electron chi connectivity index (χ4n) is 3.80. The number of fused-ring (bicyclic) bond motifs is 2. The van der Waals surface area contributed by atoms with Gasteiger partial charge in [-0.05, 0) is 49.7 Å². The molecule has 2 atom stereocenters. The summed E-state index contributed by atoms with van der Waals surface area (Å²) in [5.41, 5.74) is 6.98. The van der Waals surface area contributed by atoms with Crippen LogP contribution in [0, 0.1) is 17.8 Å². The molecule has 1 aromatic rings. The third-order valence-electron chi connectivity index (χ3n) is 4.92. The normalized spacial score (nSPS) is 32.7. The van der Waals surface area contributed by atoms with Crippen LogP contribution in [0.3, 0.4) is 0 Å². The topological polar surface area (TPSA) is 55.1 Å². The molecule has 0 aromatic heterocycles. The molecule has 2 fully saturated rings. The van der Waals surface area contributed by atoms with Crippen LogP contribution in [0.1, 0.15) is 32.1 Å². The van der Waals surface area contributed by atoms with E-state index in [1.165, 1.54) is 19.3 Å². The van der Waals surface area contributed by atoms with Gasteiger partial charge >= 0.3 is 0 Å². The van der Waals surface area contributed by atoms with Crippen LogP contribution >= 0.6 is 11.6 Å². The van der Waals surface area contributed by atoms with Gasteiger partial charge in [0.25, 0.3) is 0 Å². The first-order valence-corrected chi connectivity index (χ1v) is 7.84. The number of anilines is 1. The van der Waals surface area contributed by atoms with Crippen LogP contribution in [-0.2, 0) is 4.79 Å². The molecule has 0 saturated heterocycles. The van der Waals surface area contributed by atoms with Gasteiger partial charge in [0, 0.05) is 12.0 Å². The van der Waals surface area contributed by atoms with E-state index in [1.54, 1.807) is 6.07 Å². The molecule has 3 N–H and O–H groups in total. The van der Waals surface area contributed by atoms with Crippen LogP contribution < -0.4 is 11.1 Å². The van der Waals surface area contributed by atoms with Crippen molar-refractivity contribution in [2.24, 2.45) is 23.5 Å². The summed E-state index contributed by atoms with van der Waals surface area (Å²) in [7, 11) is 0. The monoisotopic (exact) mass is 292 g/mol. The van der Waals surface area contributed by atoms with E-state index in [-0.39, 0.29) is 11.8 Å². The van der Waals surface area contributed by atoms with Crippen LogP contribution in [-0.4, -0.2) is 11.9 Å². The predicted molar refractivity (Wildman–Crippen MR) is 81.6 cm³/mol. The number of carbonyl (C=O) groups is 1. The average Bonchev–Trinajstić information content (AvgIpc) is 2.41. The SMILES string of the molecule is NC1C2CCCC1CC(C(=O)Nc1ccccc1Cl)C2. The van der Waals surface area contributed by atoms with Gasteiger partial charge in [-0.1, -0.05) is 30.2 Å². The maximum absolute atomic E-state index is 12.4. The van der Waals surface area contributed by atoms with E-state index in [4.69, 9.17) is 17.3 Å². The molecule has 0 heterocycles. The van der Waals surface area contributed by atoms with Crippen LogP contribution in [0.5, 0.6) is 0 Å². The van der Waals surface area contributed by atoms with Gasteiger partial charge in [-0.25, -0.2) is 0 Å². The minimum absolute atomic E-state index is 0.0846. The Morgan fingerprint density at radius 3 is 2.50 bits per heavy atom. The lowest BCUT2D eigenvalue weighted by Crippen LogP contribution is -2.48. The van der Waals surface area contributed by atoms with E-state index >= 15 is 0 Å². The minimum Gasteiger partial charge on any atom is -0.327 e. The number of nitrogens with one attached hydrogen (secondary N) is 1. The molecule has 2 aliphatic rings. The molecule has 108 valence electrons. The maximum atomic E-state index is 12.4. The Labute approximate surface area is 124 Å². The fraction of sp³-hybridized carbons (Fsp3) is 0.562. The zero-order valence-corrected chi connectivity index (χ0v) is 12.3. The number of halogens is 1. The number of benzene rings is 1. The van der Waals surface area contributed by atoms with Crippen LogP contribution in [0.15, 0.2) is 24.3 Å². The van der Waals surface area contributed by atoms with Gasteiger partial charge in [0.05, 0.1) is 10.7 Å². The molecule has 4 heteroatoms. The molecule has 2 aliphatic carbocycles. The second kappa shape index (κ2) is 5.74. The molecular formula is C16H21ClN2O. The van der Waals surface area contributed by atoms with Crippen LogP contribution in [0.4, 0.5) is 5.69 Å². The zero-order valence-electron chi connectivity index (χ0n) is 11.5. The maximum Gasteiger partial charge on any atom is 0.227 e. The van der Waals surface area contributed by atoms with Crippen molar-refractivity contribution in [2.45, 2.75) is 38.1 Å². The number of rotatable bonds is 2. The highest BCUT2D eigenvalue weighted by Crippen LogP contribution is 2.42. The van der Waals surface area contributed by atoms with Gasteiger partial charge in [0.2, 0.25) is 5.91 Å². The Bertz CT molecular complexity index is 491. The van der Waals surface area contributed by atoms with Crippen LogP contribution in [0.25, 0.3) is 0 Å². The predicted octanol–water partition coefficient (Wildman–Crippen LogP) is 3.43. The summed E-state index contributed by atoms with van der Waals surface area (Å²) >= 11 is 6.09. The summed E-state index contributed by atoms with van der Waals surface area (Å²) in [6, 6.07) is 7.68. The highest BCUT2D eigenvalue weighted by Gasteiger charge is 2.40. The average molecular weight is 293 g/mol. The van der Waals surface area contributed by atoms with E-state index in [1.807, 2.05) is 18.2 Å². The Morgan fingerprint density at radius 1 is 1.20 bits per heavy atom. The van der Waals surface area contributed by atoms with Crippen LogP contribution in [0.2, 0.25) is 5.02 Å². The van der Waals surface area contributed by atoms with E-state index in [0.29, 0.717) is 28.6 Å². The molecule has 3 rings (SSSR count). The van der Waals surface area contributed by atoms with E-state index < -0.39 is 0 Å². The number of amides is 1. The first kappa shape index (κ1) is 13.9. The lowest BCUT2D eigenvalue weighted by atomic mass is 9.65. The van der Waals surface area contributed by atoms with Gasteiger partial charge < -0.3 is 11.1 Å². The van der Waals surface area contributed by atoms with Crippen molar-refractivity contribution < 1.29 is 4.79 Å². The molecule has 0 radical (unpaired) electrons. The number of nitrogens with two attached hydrogens (primary N) is 1. The highest BCUT2D eigenvalue weighted by molar-refractivity contribution is 6.33. The number of hydrogen-bond acceptors (Lipinski definition) is 2. The van der Waals surface area contributed by atoms with Gasteiger partial charge in [-0.15, -0.1) is 0 Å². The van der Waals surface area contributed by atoms with Crippen molar-refractivity contribution in [3.63, 3.8) is 0 Å². The lowest BCUT2D eigenvalue weighted by Gasteiger charge is -2.43. The largest absolute Gasteiger partial charge is 0.327 e. The summed E-state index contributed by atoms with van der Waals surface area (Å²) in [6.07, 6.45) is 5.46. The van der Waals surface area contributed by atoms with Gasteiger partial charge in [-0.2, -0.15) is 0 Å². The van der Waals surface area contributed by atoms with Gasteiger partial charge in [0.1, 0.15) is 0 Å². The second-order valence-corrected chi connectivity index (χ2v) is 6.57. The van der Waals surface area contributed by atoms with Crippen molar-refractivity contribution in [3.8, 4) is 0 Å². The first-order chi connectivity index (χ1) is 9.65. The third-order valence-corrected chi connectivity index (χ3v) is 5.25. The summed E-state index contributed by atoms with van der Waals surface area (Å²) < 4.78 is 0. The standard InChI is InChI=1S/C16H21ClN2O/c17-13-6-1-2-7-14(13)19-16(20)12-8-10-4-3-5-11(9-12)15(10)18/h1-2,6-7,10-12,15H,3-5,8-9,18H2,(H,19,20). The van der Waals surface area contributed by atoms with E-state index in [2.05, 4.69) is 5.32 Å². The molecule has 1 amide bonds. The lowest BCUT2D eigenvalue weighted by molar-refractivity contribution is -0.122. The number of carbonyl (C=O) groups excluding carboxylic acids is 1. The molecule has 0 spiro atoms. The van der Waals surface area contributed by atoms with Gasteiger partial charge in [-0.3, -0.25) is 4.79 Å². The summed E-state index contributed by atoms with van der Waals surface area (Å²) in [6.45, 7) is 0. The Balaban J connectivity index is 1.68. The van der Waals surface area contributed by atoms with Gasteiger partial charge in [0.15, 0.2) is 0 Å². The third kappa shape index (κ3) is 2.70. The van der Waals surface area contributed by atoms with Crippen molar-refractivity contribution in [2.75, 3.05) is 5.32 Å². The minimum atomic E-state index is 0.0846. The quantitative estimate of drug-likeness (QED) is 0.877. The summed E-state index contributed by atoms with van der Waals surface area (Å²) in [5.74, 6) is 1.22. The molecule has 20 heavy (non-hydrogen) atoms. The van der Waals surface area contributed by atoms with Crippen molar-refractivity contribution >= 4 is 23.2 Å². The smallest absolute Gasteiger partial charge is 0.227 e. The molecule has 2 unspecified atom stereocenters.